The molecule has 1 aliphatic rings. The second-order valence-electron chi connectivity index (χ2n) is 8.17. The zero-order valence-corrected chi connectivity index (χ0v) is 20.7. The van der Waals surface area contributed by atoms with E-state index in [1.165, 1.54) is 11.4 Å². The Balaban J connectivity index is 1.63. The van der Waals surface area contributed by atoms with Crippen LogP contribution in [0, 0.1) is 27.7 Å². The summed E-state index contributed by atoms with van der Waals surface area (Å²) in [4.78, 5) is 14.8. The molecule has 3 rings (SSSR count). The van der Waals surface area contributed by atoms with Gasteiger partial charge < -0.3 is 10.1 Å². The normalized spacial score (nSPS) is 15.6. The van der Waals surface area contributed by atoms with Gasteiger partial charge in [0.05, 0.1) is 23.6 Å². The van der Waals surface area contributed by atoms with Gasteiger partial charge in [-0.3, -0.25) is 9.69 Å². The smallest absolute Gasteiger partial charge is 0.243 e. The Morgan fingerprint density at radius 1 is 1.03 bits per heavy atom. The summed E-state index contributed by atoms with van der Waals surface area (Å²) < 4.78 is 33.4. The molecule has 0 aliphatic carbocycles. The number of benzene rings is 2. The van der Waals surface area contributed by atoms with Crippen molar-refractivity contribution in [3.8, 4) is 5.75 Å². The van der Waals surface area contributed by atoms with Gasteiger partial charge in [0.15, 0.2) is 0 Å². The molecule has 2 aromatic carbocycles. The van der Waals surface area contributed by atoms with Crippen LogP contribution in [-0.2, 0) is 14.8 Å². The first-order chi connectivity index (χ1) is 15.0. The highest BCUT2D eigenvalue weighted by Crippen LogP contribution is 2.29. The van der Waals surface area contributed by atoms with E-state index >= 15 is 0 Å². The minimum Gasteiger partial charge on any atom is -0.495 e. The SMILES string of the molecule is COc1ccc(NC(=O)CN2CCN(S(=O)(=O)c3c(C)c(C)cc(C)c3C)CC2)cc1Cl. The average Bonchev–Trinajstić information content (AvgIpc) is 2.73. The molecule has 2 aromatic rings. The zero-order chi connectivity index (χ0) is 23.6. The summed E-state index contributed by atoms with van der Waals surface area (Å²) in [6, 6.07) is 7.08. The maximum atomic E-state index is 13.4. The van der Waals surface area contributed by atoms with Crippen molar-refractivity contribution >= 4 is 33.2 Å². The minimum atomic E-state index is -3.60. The monoisotopic (exact) mass is 479 g/mol. The number of amides is 1. The number of nitrogens with zero attached hydrogens (tertiary/aromatic N) is 2. The van der Waals surface area contributed by atoms with E-state index in [1.807, 2.05) is 38.7 Å². The van der Waals surface area contributed by atoms with Gasteiger partial charge in [0.2, 0.25) is 15.9 Å². The Hall–Kier alpha value is -2.13. The molecule has 1 fully saturated rings. The topological polar surface area (TPSA) is 79.0 Å². The highest BCUT2D eigenvalue weighted by Gasteiger charge is 2.32. The quantitative estimate of drug-likeness (QED) is 0.685. The van der Waals surface area contributed by atoms with E-state index in [2.05, 4.69) is 5.32 Å². The third-order valence-corrected chi connectivity index (χ3v) is 8.50. The number of carbonyl (C=O) groups excluding carboxylic acids is 1. The number of aryl methyl sites for hydroxylation is 2. The van der Waals surface area contributed by atoms with Crippen molar-refractivity contribution in [3.63, 3.8) is 0 Å². The molecule has 0 spiro atoms. The predicted octanol–water partition coefficient (Wildman–Crippen LogP) is 3.53. The maximum absolute atomic E-state index is 13.4. The number of ether oxygens (including phenoxy) is 1. The Morgan fingerprint density at radius 3 is 2.16 bits per heavy atom. The molecule has 0 saturated carbocycles. The van der Waals surface area contributed by atoms with Crippen LogP contribution < -0.4 is 10.1 Å². The summed E-state index contributed by atoms with van der Waals surface area (Å²) in [6.07, 6.45) is 0. The lowest BCUT2D eigenvalue weighted by Gasteiger charge is -2.34. The van der Waals surface area contributed by atoms with Gasteiger partial charge in [-0.2, -0.15) is 4.31 Å². The fourth-order valence-electron chi connectivity index (χ4n) is 3.97. The summed E-state index contributed by atoms with van der Waals surface area (Å²) in [6.45, 7) is 9.44. The number of methoxy groups -OCH3 is 1. The van der Waals surface area contributed by atoms with Gasteiger partial charge in [0, 0.05) is 31.9 Å². The van der Waals surface area contributed by atoms with Gasteiger partial charge in [0.1, 0.15) is 5.75 Å². The first-order valence-corrected chi connectivity index (χ1v) is 12.3. The number of hydrogen-bond acceptors (Lipinski definition) is 5. The van der Waals surface area contributed by atoms with Crippen LogP contribution in [0.4, 0.5) is 5.69 Å². The molecule has 0 bridgehead atoms. The van der Waals surface area contributed by atoms with Gasteiger partial charge in [-0.25, -0.2) is 8.42 Å². The lowest BCUT2D eigenvalue weighted by Crippen LogP contribution is -2.50. The third-order valence-electron chi connectivity index (χ3n) is 6.03. The molecule has 174 valence electrons. The Kier molecular flexibility index (Phi) is 7.50. The molecular formula is C23H30ClN3O4S. The van der Waals surface area contributed by atoms with Crippen molar-refractivity contribution < 1.29 is 17.9 Å². The first kappa shape index (κ1) is 24.5. The summed E-state index contributed by atoms with van der Waals surface area (Å²) in [5.41, 5.74) is 4.13. The molecule has 0 aromatic heterocycles. The van der Waals surface area contributed by atoms with Crippen molar-refractivity contribution in [3.05, 3.63) is 51.5 Å². The maximum Gasteiger partial charge on any atom is 0.243 e. The number of halogens is 1. The number of rotatable bonds is 6. The number of carbonyl (C=O) groups is 1. The van der Waals surface area contributed by atoms with Crippen LogP contribution in [0.5, 0.6) is 5.75 Å². The largest absolute Gasteiger partial charge is 0.495 e. The highest BCUT2D eigenvalue weighted by molar-refractivity contribution is 7.89. The van der Waals surface area contributed by atoms with Crippen LogP contribution >= 0.6 is 11.6 Å². The second kappa shape index (κ2) is 9.79. The molecule has 1 heterocycles. The summed E-state index contributed by atoms with van der Waals surface area (Å²) >= 11 is 6.11. The number of sulfonamides is 1. The van der Waals surface area contributed by atoms with Crippen LogP contribution in [-0.4, -0.2) is 63.4 Å². The molecule has 0 radical (unpaired) electrons. The molecule has 1 aliphatic heterocycles. The van der Waals surface area contributed by atoms with Crippen molar-refractivity contribution in [2.24, 2.45) is 0 Å². The van der Waals surface area contributed by atoms with E-state index in [1.54, 1.807) is 18.2 Å². The molecule has 1 amide bonds. The molecule has 9 heteroatoms. The van der Waals surface area contributed by atoms with Crippen LogP contribution in [0.1, 0.15) is 22.3 Å². The van der Waals surface area contributed by atoms with Crippen LogP contribution in [0.25, 0.3) is 0 Å². The van der Waals surface area contributed by atoms with E-state index < -0.39 is 10.0 Å². The van der Waals surface area contributed by atoms with Crippen molar-refractivity contribution in [2.75, 3.05) is 45.2 Å². The average molecular weight is 480 g/mol. The molecule has 0 atom stereocenters. The zero-order valence-electron chi connectivity index (χ0n) is 19.2. The molecule has 1 N–H and O–H groups in total. The van der Waals surface area contributed by atoms with Gasteiger partial charge in [-0.15, -0.1) is 0 Å². The number of piperazine rings is 1. The van der Waals surface area contributed by atoms with E-state index in [0.717, 1.165) is 22.3 Å². The standard InChI is InChI=1S/C23H30ClN3O4S/c1-15-12-16(2)18(4)23(17(15)3)32(29,30)27-10-8-26(9-11-27)14-22(28)25-19-6-7-21(31-5)20(24)13-19/h6-7,12-13H,8-11,14H2,1-5H3,(H,25,28). The molecular weight excluding hydrogens is 450 g/mol. The minimum absolute atomic E-state index is 0.177. The van der Waals surface area contributed by atoms with E-state index in [-0.39, 0.29) is 12.5 Å². The van der Waals surface area contributed by atoms with Crippen molar-refractivity contribution in [1.29, 1.82) is 0 Å². The number of nitrogens with one attached hydrogen (secondary N) is 1. The van der Waals surface area contributed by atoms with Crippen LogP contribution in [0.15, 0.2) is 29.2 Å². The highest BCUT2D eigenvalue weighted by atomic mass is 35.5. The molecule has 0 unspecified atom stereocenters. The second-order valence-corrected chi connectivity index (χ2v) is 10.4. The van der Waals surface area contributed by atoms with Crippen LogP contribution in [0.3, 0.4) is 0 Å². The summed E-state index contributed by atoms with van der Waals surface area (Å²) in [5, 5.41) is 3.24. The molecule has 7 nitrogen and oxygen atoms in total. The van der Waals surface area contributed by atoms with Gasteiger partial charge in [0.25, 0.3) is 0 Å². The summed E-state index contributed by atoms with van der Waals surface area (Å²) in [7, 11) is -2.07. The van der Waals surface area contributed by atoms with Crippen molar-refractivity contribution in [2.45, 2.75) is 32.6 Å². The fourth-order valence-corrected chi connectivity index (χ4v) is 6.23. The van der Waals surface area contributed by atoms with E-state index in [0.29, 0.717) is 47.5 Å². The lowest BCUT2D eigenvalue weighted by atomic mass is 10.0. The van der Waals surface area contributed by atoms with Crippen molar-refractivity contribution in [1.82, 2.24) is 9.21 Å². The third kappa shape index (κ3) is 5.09. The Morgan fingerprint density at radius 2 is 1.62 bits per heavy atom. The van der Waals surface area contributed by atoms with E-state index in [4.69, 9.17) is 16.3 Å². The molecule has 32 heavy (non-hydrogen) atoms. The lowest BCUT2D eigenvalue weighted by molar-refractivity contribution is -0.117. The Labute approximate surface area is 195 Å². The van der Waals surface area contributed by atoms with Crippen LogP contribution in [0.2, 0.25) is 5.02 Å². The predicted molar refractivity (Wildman–Crippen MR) is 127 cm³/mol. The Bertz CT molecular complexity index is 1100. The number of anilines is 1. The van der Waals surface area contributed by atoms with Gasteiger partial charge in [-0.05, 0) is 68.1 Å². The number of hydrogen-bond donors (Lipinski definition) is 1. The first-order valence-electron chi connectivity index (χ1n) is 10.5. The van der Waals surface area contributed by atoms with Gasteiger partial charge in [-0.1, -0.05) is 17.7 Å². The fraction of sp³-hybridized carbons (Fsp3) is 0.435. The molecule has 1 saturated heterocycles. The van der Waals surface area contributed by atoms with Gasteiger partial charge >= 0.3 is 0 Å². The van der Waals surface area contributed by atoms with E-state index in [9.17, 15) is 13.2 Å². The summed E-state index contributed by atoms with van der Waals surface area (Å²) in [5.74, 6) is 0.361.